The van der Waals surface area contributed by atoms with Crippen molar-refractivity contribution in [3.8, 4) is 11.5 Å². The molecular formula is C16H15NO3. The van der Waals surface area contributed by atoms with Gasteiger partial charge in [0.2, 0.25) is 11.7 Å². The third-order valence-corrected chi connectivity index (χ3v) is 4.16. The second kappa shape index (κ2) is 4.20. The predicted molar refractivity (Wildman–Crippen MR) is 72.9 cm³/mol. The molecule has 4 nitrogen and oxygen atoms in total. The van der Waals surface area contributed by atoms with E-state index in [-0.39, 0.29) is 11.7 Å². The number of oxazole rings is 1. The van der Waals surface area contributed by atoms with Crippen LogP contribution in [0.2, 0.25) is 0 Å². The number of aromatic nitrogens is 1. The van der Waals surface area contributed by atoms with E-state index in [0.29, 0.717) is 11.6 Å². The Bertz CT molecular complexity index is 698. The zero-order valence-corrected chi connectivity index (χ0v) is 11.1. The van der Waals surface area contributed by atoms with Gasteiger partial charge in [-0.15, -0.1) is 0 Å². The van der Waals surface area contributed by atoms with E-state index in [9.17, 15) is 9.90 Å². The van der Waals surface area contributed by atoms with Gasteiger partial charge in [0.05, 0.1) is 5.69 Å². The Hall–Kier alpha value is -2.10. The molecule has 0 radical (unpaired) electrons. The lowest BCUT2D eigenvalue weighted by molar-refractivity contribution is 0.0661. The molecule has 2 aromatic rings. The number of rotatable bonds is 3. The first-order valence-corrected chi connectivity index (χ1v) is 7.08. The zero-order chi connectivity index (χ0) is 13.7. The number of carboxylic acid groups (broad SMARTS) is 1. The summed E-state index contributed by atoms with van der Waals surface area (Å²) in [6.45, 7) is 0. The molecule has 2 aliphatic rings. The number of aromatic carboxylic acids is 1. The van der Waals surface area contributed by atoms with Gasteiger partial charge < -0.3 is 9.52 Å². The fourth-order valence-electron chi connectivity index (χ4n) is 2.95. The average molecular weight is 269 g/mol. The molecule has 1 aromatic heterocycles. The van der Waals surface area contributed by atoms with Crippen LogP contribution in [0, 0.1) is 0 Å². The number of aryl methyl sites for hydroxylation is 2. The van der Waals surface area contributed by atoms with Crippen LogP contribution < -0.4 is 0 Å². The van der Waals surface area contributed by atoms with Gasteiger partial charge in [0, 0.05) is 11.5 Å². The number of benzene rings is 1. The van der Waals surface area contributed by atoms with Crippen LogP contribution in [0.15, 0.2) is 22.6 Å². The molecule has 0 saturated heterocycles. The van der Waals surface area contributed by atoms with E-state index in [1.165, 1.54) is 17.5 Å². The summed E-state index contributed by atoms with van der Waals surface area (Å²) in [5.41, 5.74) is 4.24. The van der Waals surface area contributed by atoms with Crippen LogP contribution in [0.4, 0.5) is 0 Å². The van der Waals surface area contributed by atoms with Crippen molar-refractivity contribution in [3.63, 3.8) is 0 Å². The highest BCUT2D eigenvalue weighted by molar-refractivity contribution is 5.86. The van der Waals surface area contributed by atoms with E-state index < -0.39 is 5.97 Å². The van der Waals surface area contributed by atoms with E-state index in [2.05, 4.69) is 17.1 Å². The number of hydrogen-bond acceptors (Lipinski definition) is 3. The van der Waals surface area contributed by atoms with Crippen molar-refractivity contribution in [2.75, 3.05) is 0 Å². The van der Waals surface area contributed by atoms with E-state index in [1.54, 1.807) is 0 Å². The molecule has 1 fully saturated rings. The molecule has 0 bridgehead atoms. The van der Waals surface area contributed by atoms with Crippen molar-refractivity contribution in [1.29, 1.82) is 0 Å². The van der Waals surface area contributed by atoms with E-state index in [4.69, 9.17) is 4.42 Å². The average Bonchev–Trinajstić information content (AvgIpc) is 3.02. The van der Waals surface area contributed by atoms with Gasteiger partial charge in [-0.05, 0) is 55.4 Å². The summed E-state index contributed by atoms with van der Waals surface area (Å²) in [7, 11) is 0. The number of nitrogens with zero attached hydrogens (tertiary/aromatic N) is 1. The summed E-state index contributed by atoms with van der Waals surface area (Å²) >= 11 is 0. The van der Waals surface area contributed by atoms with Crippen LogP contribution in [0.3, 0.4) is 0 Å². The number of fused-ring (bicyclic) bond motifs is 1. The molecule has 4 rings (SSSR count). The molecule has 0 spiro atoms. The highest BCUT2D eigenvalue weighted by Crippen LogP contribution is 2.42. The van der Waals surface area contributed by atoms with Crippen LogP contribution in [0.1, 0.15) is 52.6 Å². The minimum atomic E-state index is -1.02. The second-order valence-electron chi connectivity index (χ2n) is 5.65. The molecule has 1 heterocycles. The van der Waals surface area contributed by atoms with Crippen LogP contribution in [0.5, 0.6) is 0 Å². The Morgan fingerprint density at radius 1 is 1.25 bits per heavy atom. The van der Waals surface area contributed by atoms with Crippen molar-refractivity contribution < 1.29 is 14.3 Å². The molecule has 0 amide bonds. The third-order valence-electron chi connectivity index (χ3n) is 4.16. The summed E-state index contributed by atoms with van der Waals surface area (Å²) in [5, 5.41) is 9.22. The molecule has 1 saturated carbocycles. The van der Waals surface area contributed by atoms with Gasteiger partial charge in [0.15, 0.2) is 0 Å². The molecule has 1 N–H and O–H groups in total. The van der Waals surface area contributed by atoms with Gasteiger partial charge in [0.25, 0.3) is 0 Å². The number of hydrogen-bond donors (Lipinski definition) is 1. The number of carbonyl (C=O) groups is 1. The SMILES string of the molecule is O=C(O)c1oc(-c2ccc3c(c2)CCC3)nc1C1CC1. The molecular weight excluding hydrogens is 254 g/mol. The van der Waals surface area contributed by atoms with E-state index in [1.807, 2.05) is 6.07 Å². The topological polar surface area (TPSA) is 63.3 Å². The lowest BCUT2D eigenvalue weighted by Crippen LogP contribution is -1.98. The first-order valence-electron chi connectivity index (χ1n) is 7.08. The second-order valence-corrected chi connectivity index (χ2v) is 5.65. The molecule has 2 aliphatic carbocycles. The maximum atomic E-state index is 11.3. The van der Waals surface area contributed by atoms with Gasteiger partial charge >= 0.3 is 5.97 Å². The largest absolute Gasteiger partial charge is 0.475 e. The minimum absolute atomic E-state index is 0.0167. The Kier molecular flexibility index (Phi) is 2.46. The normalized spacial score (nSPS) is 17.2. The monoisotopic (exact) mass is 269 g/mol. The molecule has 1 aromatic carbocycles. The lowest BCUT2D eigenvalue weighted by atomic mass is 10.1. The Balaban J connectivity index is 1.78. The Morgan fingerprint density at radius 2 is 2.05 bits per heavy atom. The van der Waals surface area contributed by atoms with E-state index in [0.717, 1.165) is 31.2 Å². The highest BCUT2D eigenvalue weighted by atomic mass is 16.4. The minimum Gasteiger partial charge on any atom is -0.475 e. The molecule has 0 aliphatic heterocycles. The number of carboxylic acids is 1. The molecule has 102 valence electrons. The van der Waals surface area contributed by atoms with E-state index >= 15 is 0 Å². The fraction of sp³-hybridized carbons (Fsp3) is 0.375. The van der Waals surface area contributed by atoms with Crippen LogP contribution >= 0.6 is 0 Å². The lowest BCUT2D eigenvalue weighted by Gasteiger charge is -2.01. The zero-order valence-electron chi connectivity index (χ0n) is 11.1. The summed E-state index contributed by atoms with van der Waals surface area (Å²) in [4.78, 5) is 15.7. The first-order chi connectivity index (χ1) is 9.72. The van der Waals surface area contributed by atoms with Crippen LogP contribution in [0.25, 0.3) is 11.5 Å². The van der Waals surface area contributed by atoms with Crippen molar-refractivity contribution in [1.82, 2.24) is 4.98 Å². The highest BCUT2D eigenvalue weighted by Gasteiger charge is 2.33. The maximum absolute atomic E-state index is 11.3. The predicted octanol–water partition coefficient (Wildman–Crippen LogP) is 3.41. The third kappa shape index (κ3) is 1.83. The van der Waals surface area contributed by atoms with Gasteiger partial charge in [-0.3, -0.25) is 0 Å². The standard InChI is InChI=1S/C16H15NO3/c18-16(19)14-13(10-5-6-10)17-15(20-14)12-7-4-9-2-1-3-11(9)8-12/h4,7-8,10H,1-3,5-6H2,(H,18,19). The molecule has 4 heteroatoms. The molecule has 20 heavy (non-hydrogen) atoms. The van der Waals surface area contributed by atoms with Crippen molar-refractivity contribution >= 4 is 5.97 Å². The maximum Gasteiger partial charge on any atom is 0.373 e. The summed E-state index contributed by atoms with van der Waals surface area (Å²) in [6, 6.07) is 6.19. The van der Waals surface area contributed by atoms with Gasteiger partial charge in [0.1, 0.15) is 0 Å². The smallest absolute Gasteiger partial charge is 0.373 e. The van der Waals surface area contributed by atoms with Gasteiger partial charge in [-0.25, -0.2) is 9.78 Å². The van der Waals surface area contributed by atoms with Crippen LogP contribution in [-0.4, -0.2) is 16.1 Å². The quantitative estimate of drug-likeness (QED) is 0.927. The first kappa shape index (κ1) is 11.7. The van der Waals surface area contributed by atoms with Crippen molar-refractivity contribution in [3.05, 3.63) is 40.8 Å². The Morgan fingerprint density at radius 3 is 2.80 bits per heavy atom. The van der Waals surface area contributed by atoms with Gasteiger partial charge in [-0.2, -0.15) is 0 Å². The molecule has 0 unspecified atom stereocenters. The summed E-state index contributed by atoms with van der Waals surface area (Å²) in [6.07, 6.45) is 5.44. The summed E-state index contributed by atoms with van der Waals surface area (Å²) in [5.74, 6) is -0.290. The summed E-state index contributed by atoms with van der Waals surface area (Å²) < 4.78 is 5.51. The fourth-order valence-corrected chi connectivity index (χ4v) is 2.95. The molecule has 0 atom stereocenters. The van der Waals surface area contributed by atoms with Crippen LogP contribution in [-0.2, 0) is 12.8 Å². The van der Waals surface area contributed by atoms with Crippen molar-refractivity contribution in [2.24, 2.45) is 0 Å². The van der Waals surface area contributed by atoms with Crippen molar-refractivity contribution in [2.45, 2.75) is 38.0 Å². The Labute approximate surface area is 116 Å². The van der Waals surface area contributed by atoms with Gasteiger partial charge in [-0.1, -0.05) is 6.07 Å².